The monoisotopic (exact) mass is 387 g/mol. The van der Waals surface area contributed by atoms with Gasteiger partial charge < -0.3 is 19.6 Å². The summed E-state index contributed by atoms with van der Waals surface area (Å²) in [6.45, 7) is 1.06. The zero-order chi connectivity index (χ0) is 19.8. The smallest absolute Gasteiger partial charge is 0.407 e. The van der Waals surface area contributed by atoms with Gasteiger partial charge in [-0.1, -0.05) is 0 Å². The molecule has 2 N–H and O–H groups in total. The summed E-state index contributed by atoms with van der Waals surface area (Å²) in [7, 11) is 0. The average Bonchev–Trinajstić information content (AvgIpc) is 3.25. The molecule has 3 aliphatic rings. The highest BCUT2D eigenvalue weighted by molar-refractivity contribution is 6.05. The van der Waals surface area contributed by atoms with E-state index in [0.717, 1.165) is 18.4 Å². The minimum absolute atomic E-state index is 0.174. The van der Waals surface area contributed by atoms with E-state index in [-0.39, 0.29) is 37.4 Å². The van der Waals surface area contributed by atoms with Gasteiger partial charge >= 0.3 is 6.09 Å². The van der Waals surface area contributed by atoms with Crippen LogP contribution in [0.3, 0.4) is 0 Å². The minimum atomic E-state index is -0.939. The van der Waals surface area contributed by atoms with Crippen molar-refractivity contribution in [2.24, 2.45) is 0 Å². The van der Waals surface area contributed by atoms with Crippen molar-refractivity contribution in [1.82, 2.24) is 15.1 Å². The molecule has 2 fully saturated rings. The molecule has 3 aliphatic heterocycles. The van der Waals surface area contributed by atoms with Crippen molar-refractivity contribution in [3.63, 3.8) is 0 Å². The number of hydrogen-bond acceptors (Lipinski definition) is 5. The average molecular weight is 387 g/mol. The SMILES string of the molecule is O=C1CCC(N2Cc3cc(OC[C@@H]4CCCN4C(=O)O)ccc3C2=O)C(=O)N1. The lowest BCUT2D eigenvalue weighted by molar-refractivity contribution is -0.136. The first-order valence-corrected chi connectivity index (χ1v) is 9.34. The van der Waals surface area contributed by atoms with E-state index >= 15 is 0 Å². The van der Waals surface area contributed by atoms with E-state index in [9.17, 15) is 24.3 Å². The number of benzene rings is 1. The number of ether oxygens (including phenoxy) is 1. The number of hydrogen-bond donors (Lipinski definition) is 2. The maximum atomic E-state index is 12.7. The van der Waals surface area contributed by atoms with E-state index in [2.05, 4.69) is 5.32 Å². The Bertz CT molecular complexity index is 854. The van der Waals surface area contributed by atoms with E-state index in [0.29, 0.717) is 24.3 Å². The molecule has 0 radical (unpaired) electrons. The van der Waals surface area contributed by atoms with Crippen LogP contribution in [0.15, 0.2) is 18.2 Å². The fraction of sp³-hybridized carbons (Fsp3) is 0.474. The Morgan fingerprint density at radius 2 is 2.07 bits per heavy atom. The number of carbonyl (C=O) groups is 4. The Labute approximate surface area is 161 Å². The number of rotatable bonds is 4. The van der Waals surface area contributed by atoms with Crippen molar-refractivity contribution in [3.05, 3.63) is 29.3 Å². The quantitative estimate of drug-likeness (QED) is 0.744. The molecule has 9 nitrogen and oxygen atoms in total. The van der Waals surface area contributed by atoms with Gasteiger partial charge in [-0.05, 0) is 43.0 Å². The van der Waals surface area contributed by atoms with Crippen LogP contribution < -0.4 is 10.1 Å². The summed E-state index contributed by atoms with van der Waals surface area (Å²) >= 11 is 0. The van der Waals surface area contributed by atoms with Gasteiger partial charge in [0.15, 0.2) is 0 Å². The van der Waals surface area contributed by atoms with Crippen LogP contribution in [0, 0.1) is 0 Å². The molecule has 1 unspecified atom stereocenters. The van der Waals surface area contributed by atoms with Gasteiger partial charge in [0, 0.05) is 25.1 Å². The van der Waals surface area contributed by atoms with Gasteiger partial charge in [0.1, 0.15) is 18.4 Å². The molecule has 0 saturated carbocycles. The van der Waals surface area contributed by atoms with Crippen molar-refractivity contribution < 1.29 is 29.0 Å². The van der Waals surface area contributed by atoms with Crippen LogP contribution in [0.5, 0.6) is 5.75 Å². The molecule has 0 bridgehead atoms. The molecule has 28 heavy (non-hydrogen) atoms. The number of carbonyl (C=O) groups excluding carboxylic acids is 3. The number of imide groups is 1. The second-order valence-corrected chi connectivity index (χ2v) is 7.30. The minimum Gasteiger partial charge on any atom is -0.491 e. The van der Waals surface area contributed by atoms with E-state index in [1.807, 2.05) is 0 Å². The van der Waals surface area contributed by atoms with Gasteiger partial charge in [0.05, 0.1) is 6.04 Å². The maximum Gasteiger partial charge on any atom is 0.407 e. The second-order valence-electron chi connectivity index (χ2n) is 7.30. The fourth-order valence-electron chi connectivity index (χ4n) is 4.09. The van der Waals surface area contributed by atoms with Gasteiger partial charge in [-0.15, -0.1) is 0 Å². The highest BCUT2D eigenvalue weighted by Crippen LogP contribution is 2.30. The molecular weight excluding hydrogens is 366 g/mol. The number of fused-ring (bicyclic) bond motifs is 1. The molecule has 1 aromatic carbocycles. The first kappa shape index (κ1) is 18.3. The summed E-state index contributed by atoms with van der Waals surface area (Å²) in [5.74, 6) is -0.426. The molecule has 9 heteroatoms. The first-order valence-electron chi connectivity index (χ1n) is 9.34. The van der Waals surface area contributed by atoms with Crippen LogP contribution >= 0.6 is 0 Å². The van der Waals surface area contributed by atoms with E-state index in [1.54, 1.807) is 18.2 Å². The third-order valence-corrected chi connectivity index (χ3v) is 5.56. The highest BCUT2D eigenvalue weighted by atomic mass is 16.5. The molecule has 0 spiro atoms. The lowest BCUT2D eigenvalue weighted by Gasteiger charge is -2.29. The van der Waals surface area contributed by atoms with Crippen LogP contribution in [0.25, 0.3) is 0 Å². The van der Waals surface area contributed by atoms with Crippen LogP contribution in [0.2, 0.25) is 0 Å². The van der Waals surface area contributed by atoms with Gasteiger partial charge in [-0.3, -0.25) is 19.7 Å². The van der Waals surface area contributed by atoms with Crippen molar-refractivity contribution in [2.45, 2.75) is 44.3 Å². The number of amides is 4. The molecule has 2 atom stereocenters. The van der Waals surface area contributed by atoms with Crippen molar-refractivity contribution in [3.8, 4) is 5.75 Å². The summed E-state index contributed by atoms with van der Waals surface area (Å²) < 4.78 is 5.79. The molecular formula is C19H21N3O6. The first-order chi connectivity index (χ1) is 13.4. The third kappa shape index (κ3) is 3.28. The molecule has 4 amide bonds. The highest BCUT2D eigenvalue weighted by Gasteiger charge is 2.39. The molecule has 1 aromatic rings. The molecule has 4 rings (SSSR count). The second kappa shape index (κ2) is 7.14. The Balaban J connectivity index is 1.43. The van der Waals surface area contributed by atoms with Crippen molar-refractivity contribution in [1.29, 1.82) is 0 Å². The van der Waals surface area contributed by atoms with Crippen LogP contribution in [-0.4, -0.2) is 64.0 Å². The molecule has 0 aliphatic carbocycles. The zero-order valence-electron chi connectivity index (χ0n) is 15.2. The largest absolute Gasteiger partial charge is 0.491 e. The maximum absolute atomic E-state index is 12.7. The van der Waals surface area contributed by atoms with Gasteiger partial charge in [0.2, 0.25) is 11.8 Å². The molecule has 0 aromatic heterocycles. The van der Waals surface area contributed by atoms with E-state index in [4.69, 9.17) is 4.74 Å². The zero-order valence-corrected chi connectivity index (χ0v) is 15.2. The standard InChI is InChI=1S/C19H21N3O6/c23-16-6-5-15(17(24)20-16)22-9-11-8-13(3-4-14(11)18(22)25)28-10-12-2-1-7-21(12)19(26)27/h3-4,8,12,15H,1-2,5-7,9-10H2,(H,26,27)(H,20,23,24)/t12-,15?/m0/s1. The number of likely N-dealkylation sites (tertiary alicyclic amines) is 1. The Kier molecular flexibility index (Phi) is 4.66. The molecule has 148 valence electrons. The summed E-state index contributed by atoms with van der Waals surface area (Å²) in [6, 6.07) is 4.30. The van der Waals surface area contributed by atoms with Crippen molar-refractivity contribution in [2.75, 3.05) is 13.2 Å². The van der Waals surface area contributed by atoms with E-state index in [1.165, 1.54) is 9.80 Å². The normalized spacial score (nSPS) is 24.4. The van der Waals surface area contributed by atoms with Crippen LogP contribution in [0.1, 0.15) is 41.6 Å². The summed E-state index contributed by atoms with van der Waals surface area (Å²) in [5.41, 5.74) is 1.28. The van der Waals surface area contributed by atoms with E-state index < -0.39 is 18.0 Å². The molecule has 2 saturated heterocycles. The number of piperidine rings is 1. The topological polar surface area (TPSA) is 116 Å². The summed E-state index contributed by atoms with van der Waals surface area (Å²) in [6.07, 6.45) is 1.18. The number of nitrogens with one attached hydrogen (secondary N) is 1. The Morgan fingerprint density at radius 3 is 2.82 bits per heavy atom. The number of nitrogens with zero attached hydrogens (tertiary/aromatic N) is 2. The predicted octanol–water partition coefficient (Wildman–Crippen LogP) is 0.969. The molecule has 3 heterocycles. The van der Waals surface area contributed by atoms with Crippen LogP contribution in [0.4, 0.5) is 4.79 Å². The van der Waals surface area contributed by atoms with Crippen molar-refractivity contribution >= 4 is 23.8 Å². The van der Waals surface area contributed by atoms with Crippen LogP contribution in [-0.2, 0) is 16.1 Å². The fourth-order valence-corrected chi connectivity index (χ4v) is 4.09. The third-order valence-electron chi connectivity index (χ3n) is 5.56. The summed E-state index contributed by atoms with van der Waals surface area (Å²) in [4.78, 5) is 50.2. The Hall–Kier alpha value is -3.10. The predicted molar refractivity (Wildman–Crippen MR) is 95.7 cm³/mol. The van der Waals surface area contributed by atoms with Gasteiger partial charge in [-0.2, -0.15) is 0 Å². The summed E-state index contributed by atoms with van der Waals surface area (Å²) in [5, 5.41) is 11.5. The lowest BCUT2D eigenvalue weighted by Crippen LogP contribution is -2.52. The number of carboxylic acid groups (broad SMARTS) is 1. The lowest BCUT2D eigenvalue weighted by atomic mass is 10.0. The van der Waals surface area contributed by atoms with Gasteiger partial charge in [-0.25, -0.2) is 4.79 Å². The Morgan fingerprint density at radius 1 is 1.25 bits per heavy atom. The van der Waals surface area contributed by atoms with Gasteiger partial charge in [0.25, 0.3) is 5.91 Å².